The maximum absolute atomic E-state index is 12.7. The molecule has 6 nitrogen and oxygen atoms in total. The van der Waals surface area contributed by atoms with E-state index in [1.807, 2.05) is 60.7 Å². The molecule has 3 aromatic carbocycles. The molecule has 3 rings (SSSR count). The monoisotopic (exact) mass is 419 g/mol. The molecule has 0 radical (unpaired) electrons. The van der Waals surface area contributed by atoms with Gasteiger partial charge < -0.3 is 19.1 Å². The van der Waals surface area contributed by atoms with Crippen molar-refractivity contribution in [3.63, 3.8) is 0 Å². The topological polar surface area (TPSA) is 65.1 Å². The van der Waals surface area contributed by atoms with E-state index in [0.29, 0.717) is 12.4 Å². The van der Waals surface area contributed by atoms with E-state index in [2.05, 4.69) is 0 Å². The predicted molar refractivity (Wildman–Crippen MR) is 119 cm³/mol. The Hall–Kier alpha value is -3.80. The van der Waals surface area contributed by atoms with E-state index in [9.17, 15) is 9.59 Å². The highest BCUT2D eigenvalue weighted by Crippen LogP contribution is 2.21. The van der Waals surface area contributed by atoms with Gasteiger partial charge in [0.15, 0.2) is 6.10 Å². The first-order valence-corrected chi connectivity index (χ1v) is 9.99. The Morgan fingerprint density at radius 1 is 0.806 bits per heavy atom. The molecule has 0 bridgehead atoms. The summed E-state index contributed by atoms with van der Waals surface area (Å²) in [6.07, 6.45) is -0.952. The fraction of sp³-hybridized carbons (Fsp3) is 0.200. The lowest BCUT2D eigenvalue weighted by molar-refractivity contribution is -0.126. The SMILES string of the molecule is C[C@H](OC(=O)c1ccccc1OCCOc1ccccc1)C(=O)N(C)c1ccccc1. The minimum absolute atomic E-state index is 0.254. The molecule has 0 aliphatic carbocycles. The van der Waals surface area contributed by atoms with Gasteiger partial charge in [0.2, 0.25) is 0 Å². The van der Waals surface area contributed by atoms with Crippen LogP contribution in [0.2, 0.25) is 0 Å². The third-order valence-corrected chi connectivity index (χ3v) is 4.57. The summed E-state index contributed by atoms with van der Waals surface area (Å²) in [6.45, 7) is 2.13. The molecule has 0 aliphatic heterocycles. The Bertz CT molecular complexity index is 991. The minimum atomic E-state index is -0.952. The van der Waals surface area contributed by atoms with Crippen LogP contribution in [0.3, 0.4) is 0 Å². The van der Waals surface area contributed by atoms with Gasteiger partial charge in [0.1, 0.15) is 30.3 Å². The van der Waals surface area contributed by atoms with Crippen molar-refractivity contribution in [3.05, 3.63) is 90.5 Å². The molecular formula is C25H25NO5. The summed E-state index contributed by atoms with van der Waals surface area (Å²) in [5, 5.41) is 0. The van der Waals surface area contributed by atoms with E-state index >= 15 is 0 Å². The molecule has 6 heteroatoms. The lowest BCUT2D eigenvalue weighted by Crippen LogP contribution is -2.37. The first-order valence-electron chi connectivity index (χ1n) is 9.99. The molecule has 160 valence electrons. The zero-order valence-corrected chi connectivity index (χ0v) is 17.6. The molecule has 3 aromatic rings. The second-order valence-corrected chi connectivity index (χ2v) is 6.79. The van der Waals surface area contributed by atoms with Gasteiger partial charge in [-0.1, -0.05) is 48.5 Å². The summed E-state index contributed by atoms with van der Waals surface area (Å²) in [7, 11) is 1.64. The maximum Gasteiger partial charge on any atom is 0.342 e. The number of esters is 1. The molecule has 0 heterocycles. The van der Waals surface area contributed by atoms with Crippen molar-refractivity contribution < 1.29 is 23.8 Å². The van der Waals surface area contributed by atoms with Gasteiger partial charge in [-0.2, -0.15) is 0 Å². The largest absolute Gasteiger partial charge is 0.490 e. The number of hydrogen-bond acceptors (Lipinski definition) is 5. The molecule has 0 saturated carbocycles. The van der Waals surface area contributed by atoms with Crippen molar-refractivity contribution in [2.24, 2.45) is 0 Å². The number of ether oxygens (including phenoxy) is 3. The Balaban J connectivity index is 1.56. The predicted octanol–water partition coefficient (Wildman–Crippen LogP) is 4.35. The molecule has 0 aromatic heterocycles. The first kappa shape index (κ1) is 21.9. The first-order chi connectivity index (χ1) is 15.1. The highest BCUT2D eigenvalue weighted by atomic mass is 16.6. The van der Waals surface area contributed by atoms with Crippen LogP contribution in [-0.4, -0.2) is 38.2 Å². The highest BCUT2D eigenvalue weighted by Gasteiger charge is 2.24. The third kappa shape index (κ3) is 6.09. The molecule has 0 fully saturated rings. The number of likely N-dealkylation sites (N-methyl/N-ethyl adjacent to an activating group) is 1. The van der Waals surface area contributed by atoms with E-state index in [0.717, 1.165) is 11.4 Å². The summed E-state index contributed by atoms with van der Waals surface area (Å²) >= 11 is 0. The van der Waals surface area contributed by atoms with Crippen LogP contribution in [0.4, 0.5) is 5.69 Å². The van der Waals surface area contributed by atoms with Crippen molar-refractivity contribution in [2.45, 2.75) is 13.0 Å². The lowest BCUT2D eigenvalue weighted by atomic mass is 10.2. The van der Waals surface area contributed by atoms with Crippen molar-refractivity contribution in [1.82, 2.24) is 0 Å². The van der Waals surface area contributed by atoms with Gasteiger partial charge in [-0.25, -0.2) is 4.79 Å². The lowest BCUT2D eigenvalue weighted by Gasteiger charge is -2.22. The van der Waals surface area contributed by atoms with Gasteiger partial charge in [-0.3, -0.25) is 4.79 Å². The van der Waals surface area contributed by atoms with Crippen molar-refractivity contribution >= 4 is 17.6 Å². The normalized spacial score (nSPS) is 11.3. The Kier molecular flexibility index (Phi) is 7.65. The number of amides is 1. The fourth-order valence-corrected chi connectivity index (χ4v) is 2.91. The molecule has 0 aliphatic rings. The summed E-state index contributed by atoms with van der Waals surface area (Å²) < 4.78 is 16.7. The second-order valence-electron chi connectivity index (χ2n) is 6.79. The average molecular weight is 419 g/mol. The number of benzene rings is 3. The number of rotatable bonds is 9. The van der Waals surface area contributed by atoms with Crippen molar-refractivity contribution in [2.75, 3.05) is 25.2 Å². The van der Waals surface area contributed by atoms with Gasteiger partial charge >= 0.3 is 5.97 Å². The van der Waals surface area contributed by atoms with Gasteiger partial charge in [0.05, 0.1) is 0 Å². The highest BCUT2D eigenvalue weighted by molar-refractivity contribution is 5.99. The molecule has 1 amide bonds. The standard InChI is InChI=1S/C25H25NO5/c1-19(24(27)26(2)20-11-5-3-6-12-20)31-25(28)22-15-9-10-16-23(22)30-18-17-29-21-13-7-4-8-14-21/h3-16,19H,17-18H2,1-2H3/t19-/m0/s1. The van der Waals surface area contributed by atoms with Gasteiger partial charge in [-0.05, 0) is 43.3 Å². The van der Waals surface area contributed by atoms with Crippen LogP contribution in [0.15, 0.2) is 84.9 Å². The van der Waals surface area contributed by atoms with E-state index in [-0.39, 0.29) is 18.1 Å². The van der Waals surface area contributed by atoms with E-state index in [1.54, 1.807) is 38.2 Å². The van der Waals surface area contributed by atoms with Gasteiger partial charge in [-0.15, -0.1) is 0 Å². The summed E-state index contributed by atoms with van der Waals surface area (Å²) in [5.41, 5.74) is 0.974. The Labute approximate surface area is 182 Å². The zero-order chi connectivity index (χ0) is 22.1. The molecule has 31 heavy (non-hydrogen) atoms. The zero-order valence-electron chi connectivity index (χ0n) is 17.6. The summed E-state index contributed by atoms with van der Waals surface area (Å²) in [6, 6.07) is 25.3. The quantitative estimate of drug-likeness (QED) is 0.381. The third-order valence-electron chi connectivity index (χ3n) is 4.57. The fourth-order valence-electron chi connectivity index (χ4n) is 2.91. The molecular weight excluding hydrogens is 394 g/mol. The van der Waals surface area contributed by atoms with E-state index in [4.69, 9.17) is 14.2 Å². The molecule has 0 N–H and O–H groups in total. The van der Waals surface area contributed by atoms with Gasteiger partial charge in [0.25, 0.3) is 5.91 Å². The molecule has 0 spiro atoms. The van der Waals surface area contributed by atoms with Crippen LogP contribution in [0, 0.1) is 0 Å². The van der Waals surface area contributed by atoms with Crippen LogP contribution in [0.1, 0.15) is 17.3 Å². The van der Waals surface area contributed by atoms with Crippen molar-refractivity contribution in [1.29, 1.82) is 0 Å². The molecule has 0 saturated heterocycles. The van der Waals surface area contributed by atoms with Crippen LogP contribution >= 0.6 is 0 Å². The Morgan fingerprint density at radius 3 is 2.10 bits per heavy atom. The number of anilines is 1. The molecule has 0 unspecified atom stereocenters. The minimum Gasteiger partial charge on any atom is -0.490 e. The number of carbonyl (C=O) groups is 2. The number of hydrogen-bond donors (Lipinski definition) is 0. The van der Waals surface area contributed by atoms with Crippen LogP contribution in [0.5, 0.6) is 11.5 Å². The van der Waals surface area contributed by atoms with E-state index < -0.39 is 12.1 Å². The van der Waals surface area contributed by atoms with E-state index in [1.165, 1.54) is 4.90 Å². The summed E-state index contributed by atoms with van der Waals surface area (Å²) in [5.74, 6) is 0.171. The smallest absolute Gasteiger partial charge is 0.342 e. The Morgan fingerprint density at radius 2 is 1.39 bits per heavy atom. The number of nitrogens with zero attached hydrogens (tertiary/aromatic N) is 1. The van der Waals surface area contributed by atoms with Crippen LogP contribution in [-0.2, 0) is 9.53 Å². The number of carbonyl (C=O) groups excluding carboxylic acids is 2. The average Bonchev–Trinajstić information content (AvgIpc) is 2.82. The van der Waals surface area contributed by atoms with Gasteiger partial charge in [0, 0.05) is 12.7 Å². The van der Waals surface area contributed by atoms with Crippen LogP contribution in [0.25, 0.3) is 0 Å². The van der Waals surface area contributed by atoms with Crippen molar-refractivity contribution in [3.8, 4) is 11.5 Å². The number of para-hydroxylation sites is 3. The van der Waals surface area contributed by atoms with Crippen LogP contribution < -0.4 is 14.4 Å². The second kappa shape index (κ2) is 10.8. The summed E-state index contributed by atoms with van der Waals surface area (Å²) in [4.78, 5) is 26.8. The molecule has 1 atom stereocenters. The maximum atomic E-state index is 12.7.